The lowest BCUT2D eigenvalue weighted by Gasteiger charge is -2.37. The first-order valence-corrected chi connectivity index (χ1v) is 12.1. The molecule has 0 spiro atoms. The molecular weight excluding hydrogens is 489 g/mol. The van der Waals surface area contributed by atoms with E-state index in [0.29, 0.717) is 50.4 Å². The minimum Gasteiger partial charge on any atom is -0.493 e. The van der Waals surface area contributed by atoms with Gasteiger partial charge in [-0.2, -0.15) is 0 Å². The maximum atomic E-state index is 13.7. The van der Waals surface area contributed by atoms with Gasteiger partial charge in [0.05, 0.1) is 26.4 Å². The van der Waals surface area contributed by atoms with Crippen molar-refractivity contribution in [3.63, 3.8) is 0 Å². The first kappa shape index (κ1) is 25.1. The number of rotatable bonds is 6. The highest BCUT2D eigenvalue weighted by Crippen LogP contribution is 2.48. The zero-order valence-electron chi connectivity index (χ0n) is 20.0. The van der Waals surface area contributed by atoms with Gasteiger partial charge in [0.25, 0.3) is 0 Å². The number of dihydropyridines is 1. The predicted molar refractivity (Wildman–Crippen MR) is 135 cm³/mol. The molecule has 6 nitrogen and oxygen atoms in total. The third kappa shape index (κ3) is 4.78. The van der Waals surface area contributed by atoms with Crippen LogP contribution in [0.15, 0.2) is 58.9 Å². The summed E-state index contributed by atoms with van der Waals surface area (Å²) < 4.78 is 16.2. The van der Waals surface area contributed by atoms with E-state index in [1.165, 1.54) is 0 Å². The highest BCUT2D eigenvalue weighted by atomic mass is 35.5. The molecule has 0 saturated heterocycles. The van der Waals surface area contributed by atoms with Gasteiger partial charge in [0, 0.05) is 39.4 Å². The fourth-order valence-corrected chi connectivity index (χ4v) is 5.43. The minimum atomic E-state index is -0.645. The van der Waals surface area contributed by atoms with Gasteiger partial charge in [-0.3, -0.25) is 4.79 Å². The Kier molecular flexibility index (Phi) is 7.43. The highest BCUT2D eigenvalue weighted by Gasteiger charge is 2.42. The molecular formula is C27H27Cl2NO5. The number of Topliss-reactive ketones (excluding diaryl/α,β-unsaturated/α-hetero) is 1. The maximum Gasteiger partial charge on any atom is 0.336 e. The van der Waals surface area contributed by atoms with Gasteiger partial charge in [0.1, 0.15) is 0 Å². The molecule has 0 unspecified atom stereocenters. The van der Waals surface area contributed by atoms with E-state index >= 15 is 0 Å². The van der Waals surface area contributed by atoms with Crippen molar-refractivity contribution in [2.75, 3.05) is 20.8 Å². The van der Waals surface area contributed by atoms with Crippen molar-refractivity contribution >= 4 is 35.0 Å². The van der Waals surface area contributed by atoms with Crippen LogP contribution in [0, 0.1) is 0 Å². The summed E-state index contributed by atoms with van der Waals surface area (Å²) >= 11 is 12.7. The molecule has 4 rings (SSSR count). The van der Waals surface area contributed by atoms with Crippen molar-refractivity contribution < 1.29 is 23.8 Å². The summed E-state index contributed by atoms with van der Waals surface area (Å²) in [6.07, 6.45) is 0.874. The van der Waals surface area contributed by atoms with Crippen molar-refractivity contribution in [3.05, 3.63) is 80.1 Å². The number of hydrogen-bond acceptors (Lipinski definition) is 6. The zero-order chi connectivity index (χ0) is 25.3. The molecule has 1 aliphatic carbocycles. The Bertz CT molecular complexity index is 1250. The van der Waals surface area contributed by atoms with Crippen LogP contribution < -0.4 is 14.8 Å². The predicted octanol–water partition coefficient (Wildman–Crippen LogP) is 5.94. The molecule has 35 heavy (non-hydrogen) atoms. The Balaban J connectivity index is 1.80. The minimum absolute atomic E-state index is 0.0520. The summed E-state index contributed by atoms with van der Waals surface area (Å²) in [5.74, 6) is 0.00389. The van der Waals surface area contributed by atoms with Crippen molar-refractivity contribution in [2.24, 2.45) is 0 Å². The summed E-state index contributed by atoms with van der Waals surface area (Å²) in [7, 11) is 3.17. The van der Waals surface area contributed by atoms with E-state index in [1.54, 1.807) is 39.3 Å². The van der Waals surface area contributed by atoms with E-state index < -0.39 is 11.9 Å². The molecule has 8 heteroatoms. The summed E-state index contributed by atoms with van der Waals surface area (Å²) in [6, 6.07) is 10.8. The Labute approximate surface area is 214 Å². The molecule has 2 aromatic carbocycles. The van der Waals surface area contributed by atoms with Crippen molar-refractivity contribution in [1.29, 1.82) is 0 Å². The number of ketones is 1. The summed E-state index contributed by atoms with van der Waals surface area (Å²) in [4.78, 5) is 26.7. The Morgan fingerprint density at radius 2 is 1.80 bits per heavy atom. The van der Waals surface area contributed by atoms with Gasteiger partial charge >= 0.3 is 5.97 Å². The number of hydrogen-bond donors (Lipinski definition) is 1. The van der Waals surface area contributed by atoms with Crippen LogP contribution in [0.5, 0.6) is 11.5 Å². The smallest absolute Gasteiger partial charge is 0.336 e. The average molecular weight is 516 g/mol. The largest absolute Gasteiger partial charge is 0.493 e. The number of methoxy groups -OCH3 is 2. The molecule has 0 saturated carbocycles. The van der Waals surface area contributed by atoms with Crippen LogP contribution >= 0.6 is 23.2 Å². The number of halogens is 2. The summed E-state index contributed by atoms with van der Waals surface area (Å²) in [5, 5.41) is 4.20. The second-order valence-electron chi connectivity index (χ2n) is 8.52. The first-order valence-electron chi connectivity index (χ1n) is 11.4. The molecule has 2 atom stereocenters. The molecule has 2 aromatic rings. The van der Waals surface area contributed by atoms with Crippen LogP contribution in [0.3, 0.4) is 0 Å². The molecule has 0 amide bonds. The normalized spacial score (nSPS) is 19.8. The monoisotopic (exact) mass is 515 g/mol. The van der Waals surface area contributed by atoms with E-state index in [-0.39, 0.29) is 24.7 Å². The number of carbonyl (C=O) groups excluding carboxylic acids is 2. The number of benzene rings is 2. The van der Waals surface area contributed by atoms with Gasteiger partial charge in [0.15, 0.2) is 17.3 Å². The maximum absolute atomic E-state index is 13.7. The van der Waals surface area contributed by atoms with Gasteiger partial charge in [-0.25, -0.2) is 4.79 Å². The van der Waals surface area contributed by atoms with E-state index in [1.807, 2.05) is 25.1 Å². The quantitative estimate of drug-likeness (QED) is 0.480. The van der Waals surface area contributed by atoms with Crippen LogP contribution in [-0.2, 0) is 14.3 Å². The van der Waals surface area contributed by atoms with Crippen molar-refractivity contribution in [2.45, 2.75) is 38.5 Å². The lowest BCUT2D eigenvalue weighted by molar-refractivity contribution is -0.138. The number of allylic oxidation sites excluding steroid dienone is 3. The zero-order valence-corrected chi connectivity index (χ0v) is 21.5. The lowest BCUT2D eigenvalue weighted by atomic mass is 9.71. The Morgan fingerprint density at radius 3 is 2.46 bits per heavy atom. The fourth-order valence-electron chi connectivity index (χ4n) is 4.91. The summed E-state index contributed by atoms with van der Waals surface area (Å²) in [6.45, 7) is 3.79. The van der Waals surface area contributed by atoms with E-state index in [9.17, 15) is 9.59 Å². The van der Waals surface area contributed by atoms with Gasteiger partial charge in [-0.05, 0) is 61.6 Å². The highest BCUT2D eigenvalue weighted by molar-refractivity contribution is 6.35. The molecule has 2 aliphatic rings. The van der Waals surface area contributed by atoms with Crippen molar-refractivity contribution in [3.8, 4) is 11.5 Å². The van der Waals surface area contributed by atoms with Crippen LogP contribution in [0.2, 0.25) is 10.0 Å². The SMILES string of the molecule is CCOC(=O)C1=C(C)NC2=C(C(=O)C[C@H](c3ccc(OC)c(OC)c3)C2)[C@@H]1c1ccc(Cl)cc1Cl. The van der Waals surface area contributed by atoms with Crippen LogP contribution in [0.25, 0.3) is 0 Å². The van der Waals surface area contributed by atoms with E-state index in [2.05, 4.69) is 5.32 Å². The lowest BCUT2D eigenvalue weighted by Crippen LogP contribution is -2.36. The van der Waals surface area contributed by atoms with Crippen LogP contribution in [0.4, 0.5) is 0 Å². The summed E-state index contributed by atoms with van der Waals surface area (Å²) in [5.41, 5.74) is 3.96. The topological polar surface area (TPSA) is 73.9 Å². The van der Waals surface area contributed by atoms with Crippen LogP contribution in [0.1, 0.15) is 49.7 Å². The van der Waals surface area contributed by atoms with E-state index in [4.69, 9.17) is 37.4 Å². The fraction of sp³-hybridized carbons (Fsp3) is 0.333. The molecule has 1 heterocycles. The molecule has 0 radical (unpaired) electrons. The van der Waals surface area contributed by atoms with E-state index in [0.717, 1.165) is 11.3 Å². The third-order valence-corrected chi connectivity index (χ3v) is 7.04. The third-order valence-electron chi connectivity index (χ3n) is 6.48. The molecule has 184 valence electrons. The average Bonchev–Trinajstić information content (AvgIpc) is 2.82. The molecule has 1 aliphatic heterocycles. The molecule has 0 bridgehead atoms. The second kappa shape index (κ2) is 10.3. The van der Waals surface area contributed by atoms with Crippen molar-refractivity contribution in [1.82, 2.24) is 5.32 Å². The standard InChI is InChI=1S/C27H27Cl2NO5/c1-5-35-27(32)24-14(2)30-20-10-16(15-6-9-22(33-3)23(12-15)34-4)11-21(31)26(20)25(24)18-8-7-17(28)13-19(18)29/h6-9,12-13,16,25,30H,5,10-11H2,1-4H3/t16-,25-/m1/s1. The Hall–Kier alpha value is -2.96. The number of esters is 1. The van der Waals surface area contributed by atoms with Gasteiger partial charge < -0.3 is 19.5 Å². The molecule has 0 aromatic heterocycles. The number of nitrogens with one attached hydrogen (secondary N) is 1. The Morgan fingerprint density at radius 1 is 1.06 bits per heavy atom. The molecule has 1 N–H and O–H groups in total. The van der Waals surface area contributed by atoms with Crippen LogP contribution in [-0.4, -0.2) is 32.6 Å². The van der Waals surface area contributed by atoms with Gasteiger partial charge in [0.2, 0.25) is 0 Å². The van der Waals surface area contributed by atoms with Gasteiger partial charge in [-0.15, -0.1) is 0 Å². The second-order valence-corrected chi connectivity index (χ2v) is 9.36. The molecule has 0 fully saturated rings. The first-order chi connectivity index (χ1) is 16.8. The number of carbonyl (C=O) groups is 2. The number of ether oxygens (including phenoxy) is 3. The van der Waals surface area contributed by atoms with Gasteiger partial charge in [-0.1, -0.05) is 35.3 Å².